The number of H-pyrrole nitrogens is 2. The van der Waals surface area contributed by atoms with Crippen LogP contribution < -0.4 is 10.5 Å². The molecule has 1 aliphatic heterocycles. The fourth-order valence-electron chi connectivity index (χ4n) is 5.32. The molecule has 1 saturated heterocycles. The third-order valence-corrected chi connectivity index (χ3v) is 9.52. The summed E-state index contributed by atoms with van der Waals surface area (Å²) < 4.78 is 34.6. The molecule has 45 heavy (non-hydrogen) atoms. The Kier molecular flexibility index (Phi) is 8.02. The van der Waals surface area contributed by atoms with Gasteiger partial charge in [-0.05, 0) is 72.1 Å². The monoisotopic (exact) mass is 625 g/mol. The highest BCUT2D eigenvalue weighted by atomic mass is 32.2. The van der Waals surface area contributed by atoms with Crippen LogP contribution in [-0.4, -0.2) is 63.2 Å². The number of phenolic OH excluding ortho intramolecular Hbond substituents is 1. The highest BCUT2D eigenvalue weighted by Crippen LogP contribution is 2.40. The standard InChI is InChI=1S/C25H24N4O5S.C8H7NO/c26-22(24(30)31)12-17-5-4-8-21(11-17)35(32,33)29-15-25(16-29,19-6-2-1-3-7-19)34-20-9-10-23-18(13-20)14-27-28-23;10-7-1-2-8-6(5-7)3-4-9-8/h1-11,13-14,22H,12,15-16,26H2,(H,27,28)(H,30,31);1-5,9-10H. The number of sulfonamides is 1. The Hall–Kier alpha value is -5.17. The van der Waals surface area contributed by atoms with Gasteiger partial charge in [0.1, 0.15) is 17.5 Å². The van der Waals surface area contributed by atoms with E-state index in [1.54, 1.807) is 30.5 Å². The summed E-state index contributed by atoms with van der Waals surface area (Å²) in [5, 5.41) is 27.0. The average Bonchev–Trinajstić information content (AvgIpc) is 3.68. The zero-order chi connectivity index (χ0) is 31.6. The molecule has 1 unspecified atom stereocenters. The Morgan fingerprint density at radius 1 is 0.956 bits per heavy atom. The first-order chi connectivity index (χ1) is 21.6. The maximum Gasteiger partial charge on any atom is 0.320 e. The molecule has 2 aromatic heterocycles. The molecule has 4 aromatic carbocycles. The summed E-state index contributed by atoms with van der Waals surface area (Å²) in [7, 11) is -3.83. The van der Waals surface area contributed by atoms with Crippen molar-refractivity contribution in [2.75, 3.05) is 13.1 Å². The zero-order valence-electron chi connectivity index (χ0n) is 24.0. The maximum absolute atomic E-state index is 13.4. The van der Waals surface area contributed by atoms with Crippen LogP contribution >= 0.6 is 0 Å². The Morgan fingerprint density at radius 2 is 1.73 bits per heavy atom. The van der Waals surface area contributed by atoms with Gasteiger partial charge in [-0.1, -0.05) is 42.5 Å². The quantitative estimate of drug-likeness (QED) is 0.166. The van der Waals surface area contributed by atoms with Crippen molar-refractivity contribution in [1.29, 1.82) is 0 Å². The second-order valence-electron chi connectivity index (χ2n) is 10.9. The second-order valence-corrected chi connectivity index (χ2v) is 12.8. The number of nitrogens with two attached hydrogens (primary N) is 1. The lowest BCUT2D eigenvalue weighted by Gasteiger charge is -2.48. The number of rotatable bonds is 8. The van der Waals surface area contributed by atoms with Crippen LogP contribution in [0, 0.1) is 0 Å². The van der Waals surface area contributed by atoms with Crippen molar-refractivity contribution in [2.45, 2.75) is 23.0 Å². The van der Waals surface area contributed by atoms with Crippen molar-refractivity contribution in [3.63, 3.8) is 0 Å². The van der Waals surface area contributed by atoms with E-state index in [-0.39, 0.29) is 24.4 Å². The smallest absolute Gasteiger partial charge is 0.320 e. The normalized spacial score (nSPS) is 15.1. The number of aromatic nitrogens is 3. The molecule has 0 aliphatic carbocycles. The number of benzene rings is 4. The van der Waals surface area contributed by atoms with E-state index < -0.39 is 27.6 Å². The van der Waals surface area contributed by atoms with Gasteiger partial charge in [-0.15, -0.1) is 0 Å². The molecule has 6 N–H and O–H groups in total. The van der Waals surface area contributed by atoms with Crippen molar-refractivity contribution in [3.8, 4) is 11.5 Å². The molecule has 11 nitrogen and oxygen atoms in total. The van der Waals surface area contributed by atoms with Crippen LogP contribution in [0.1, 0.15) is 11.1 Å². The van der Waals surface area contributed by atoms with Crippen LogP contribution in [0.4, 0.5) is 0 Å². The van der Waals surface area contributed by atoms with Crippen molar-refractivity contribution in [1.82, 2.24) is 19.5 Å². The number of carboxylic acids is 1. The summed E-state index contributed by atoms with van der Waals surface area (Å²) in [5.74, 6) is -0.212. The lowest BCUT2D eigenvalue weighted by Crippen LogP contribution is -2.64. The fraction of sp³-hybridized carbons (Fsp3) is 0.152. The van der Waals surface area contributed by atoms with Gasteiger partial charge in [0.2, 0.25) is 10.0 Å². The molecule has 0 bridgehead atoms. The van der Waals surface area contributed by atoms with Crippen LogP contribution in [0.2, 0.25) is 0 Å². The average molecular weight is 626 g/mol. The first-order valence-electron chi connectivity index (χ1n) is 14.1. The van der Waals surface area contributed by atoms with Crippen LogP contribution in [0.15, 0.2) is 114 Å². The Morgan fingerprint density at radius 3 is 2.51 bits per heavy atom. The SMILES string of the molecule is NC(Cc1cccc(S(=O)(=O)N2CC(Oc3ccc4[nH]ncc4c3)(c3ccccc3)C2)c1)C(=O)O.Oc1ccc2[nH]ccc2c1. The molecule has 1 atom stereocenters. The van der Waals surface area contributed by atoms with Crippen LogP contribution in [0.5, 0.6) is 11.5 Å². The lowest BCUT2D eigenvalue weighted by molar-refractivity contribution is -0.138. The minimum Gasteiger partial charge on any atom is -0.508 e. The first kappa shape index (κ1) is 29.9. The molecule has 0 amide bonds. The number of fused-ring (bicyclic) bond motifs is 2. The van der Waals surface area contributed by atoms with E-state index in [9.17, 15) is 13.2 Å². The summed E-state index contributed by atoms with van der Waals surface area (Å²) in [4.78, 5) is 14.2. The van der Waals surface area contributed by atoms with E-state index in [2.05, 4.69) is 15.2 Å². The predicted octanol–water partition coefficient (Wildman–Crippen LogP) is 4.37. The van der Waals surface area contributed by atoms with Crippen LogP contribution in [0.25, 0.3) is 21.8 Å². The van der Waals surface area contributed by atoms with Gasteiger partial charge in [0.25, 0.3) is 0 Å². The number of aromatic hydroxyl groups is 1. The number of hydrogen-bond donors (Lipinski definition) is 5. The number of aromatic amines is 2. The molecular weight excluding hydrogens is 594 g/mol. The zero-order valence-corrected chi connectivity index (χ0v) is 24.8. The van der Waals surface area contributed by atoms with Crippen molar-refractivity contribution in [3.05, 3.63) is 121 Å². The van der Waals surface area contributed by atoms with Gasteiger partial charge in [-0.2, -0.15) is 9.40 Å². The highest BCUT2D eigenvalue weighted by Gasteiger charge is 2.52. The van der Waals surface area contributed by atoms with Gasteiger partial charge < -0.3 is 25.7 Å². The second kappa shape index (κ2) is 12.1. The lowest BCUT2D eigenvalue weighted by atomic mass is 9.87. The molecule has 7 rings (SSSR count). The molecule has 230 valence electrons. The van der Waals surface area contributed by atoms with Gasteiger partial charge in [0.05, 0.1) is 29.7 Å². The van der Waals surface area contributed by atoms with Crippen LogP contribution in [0.3, 0.4) is 0 Å². The Balaban J connectivity index is 0.000000301. The molecule has 6 aromatic rings. The van der Waals surface area contributed by atoms with E-state index in [0.29, 0.717) is 17.1 Å². The number of nitrogens with one attached hydrogen (secondary N) is 2. The van der Waals surface area contributed by atoms with E-state index in [1.807, 2.05) is 66.9 Å². The Bertz CT molecular complexity index is 2070. The van der Waals surface area contributed by atoms with E-state index >= 15 is 0 Å². The van der Waals surface area contributed by atoms with E-state index in [1.165, 1.54) is 16.4 Å². The number of ether oxygens (including phenoxy) is 1. The van der Waals surface area contributed by atoms with Crippen LogP contribution in [-0.2, 0) is 26.8 Å². The summed E-state index contributed by atoms with van der Waals surface area (Å²) in [5.41, 5.74) is 8.12. The third-order valence-electron chi connectivity index (χ3n) is 7.73. The number of carboxylic acid groups (broad SMARTS) is 1. The largest absolute Gasteiger partial charge is 0.508 e. The molecule has 1 aliphatic rings. The van der Waals surface area contributed by atoms with Crippen molar-refractivity contribution >= 4 is 37.8 Å². The first-order valence-corrected chi connectivity index (χ1v) is 15.6. The number of nitrogens with zero attached hydrogens (tertiary/aromatic N) is 2. The minimum atomic E-state index is -3.83. The van der Waals surface area contributed by atoms with E-state index in [4.69, 9.17) is 20.7 Å². The van der Waals surface area contributed by atoms with Crippen molar-refractivity contribution < 1.29 is 28.2 Å². The fourth-order valence-corrected chi connectivity index (χ4v) is 6.92. The van der Waals surface area contributed by atoms with Gasteiger partial charge in [0, 0.05) is 22.5 Å². The number of aliphatic carboxylic acids is 1. The molecule has 1 fully saturated rings. The summed E-state index contributed by atoms with van der Waals surface area (Å²) >= 11 is 0. The number of phenols is 1. The van der Waals surface area contributed by atoms with E-state index in [0.717, 1.165) is 27.4 Å². The summed E-state index contributed by atoms with van der Waals surface area (Å²) in [6.45, 7) is 0.253. The number of hydrogen-bond acceptors (Lipinski definition) is 7. The molecule has 0 saturated carbocycles. The Labute approximate surface area is 258 Å². The van der Waals surface area contributed by atoms with Crippen molar-refractivity contribution in [2.24, 2.45) is 5.73 Å². The van der Waals surface area contributed by atoms with Gasteiger partial charge >= 0.3 is 5.97 Å². The molecule has 0 spiro atoms. The summed E-state index contributed by atoms with van der Waals surface area (Å²) in [6, 6.07) is 27.4. The highest BCUT2D eigenvalue weighted by molar-refractivity contribution is 7.89. The number of carbonyl (C=O) groups is 1. The van der Waals surface area contributed by atoms with Gasteiger partial charge in [-0.3, -0.25) is 9.89 Å². The molecular formula is C33H31N5O6S. The molecule has 3 heterocycles. The topological polar surface area (TPSA) is 175 Å². The molecule has 0 radical (unpaired) electrons. The maximum atomic E-state index is 13.4. The minimum absolute atomic E-state index is 0.0340. The van der Waals surface area contributed by atoms with Gasteiger partial charge in [0.15, 0.2) is 5.60 Å². The van der Waals surface area contributed by atoms with Gasteiger partial charge in [-0.25, -0.2) is 8.42 Å². The predicted molar refractivity (Wildman–Crippen MR) is 169 cm³/mol. The summed E-state index contributed by atoms with van der Waals surface area (Å²) in [6.07, 6.45) is 3.59. The molecule has 12 heteroatoms. The third kappa shape index (κ3) is 6.25.